The van der Waals surface area contributed by atoms with Gasteiger partial charge in [-0.15, -0.1) is 0 Å². The number of benzene rings is 2. The van der Waals surface area contributed by atoms with E-state index in [1.54, 1.807) is 45.0 Å². The summed E-state index contributed by atoms with van der Waals surface area (Å²) < 4.78 is 5.38. The highest BCUT2D eigenvalue weighted by Crippen LogP contribution is 2.24. The number of ether oxygens (including phenoxy) is 1. The first kappa shape index (κ1) is 29.6. The molecule has 2 atom stereocenters. The first-order valence-corrected chi connectivity index (χ1v) is 12.4. The summed E-state index contributed by atoms with van der Waals surface area (Å²) in [6.07, 6.45) is -0.709. The Bertz CT molecular complexity index is 1050. The number of aromatic hydroxyl groups is 1. The third-order valence-electron chi connectivity index (χ3n) is 5.37. The summed E-state index contributed by atoms with van der Waals surface area (Å²) in [6.45, 7) is 10.2. The van der Waals surface area contributed by atoms with E-state index in [2.05, 4.69) is 10.6 Å². The number of aliphatic hydroxyl groups excluding tert-OH is 1. The van der Waals surface area contributed by atoms with E-state index in [0.717, 1.165) is 5.56 Å². The fourth-order valence-electron chi connectivity index (χ4n) is 3.78. The van der Waals surface area contributed by atoms with E-state index in [-0.39, 0.29) is 31.4 Å². The summed E-state index contributed by atoms with van der Waals surface area (Å²) in [5.41, 5.74) is 1.45. The number of nitrogens with one attached hydrogen (secondary N) is 2. The average molecular weight is 514 g/mol. The minimum atomic E-state index is -1.11. The van der Waals surface area contributed by atoms with Crippen molar-refractivity contribution in [1.29, 1.82) is 0 Å². The topological polar surface area (TPSA) is 128 Å². The number of carbonyl (C=O) groups excluding carboxylic acids is 3. The summed E-state index contributed by atoms with van der Waals surface area (Å²) in [5.74, 6) is -0.891. The van der Waals surface area contributed by atoms with Crippen molar-refractivity contribution in [2.24, 2.45) is 0 Å². The smallest absolute Gasteiger partial charge is 0.408 e. The summed E-state index contributed by atoms with van der Waals surface area (Å²) in [7, 11) is 0. The van der Waals surface area contributed by atoms with Gasteiger partial charge in [0, 0.05) is 19.0 Å². The largest absolute Gasteiger partial charge is 0.508 e. The molecule has 0 aromatic heterocycles. The minimum Gasteiger partial charge on any atom is -0.508 e. The van der Waals surface area contributed by atoms with E-state index in [9.17, 15) is 24.6 Å². The lowest BCUT2D eigenvalue weighted by Gasteiger charge is -2.34. The fraction of sp³-hybridized carbons (Fsp3) is 0.464. The van der Waals surface area contributed by atoms with Gasteiger partial charge in [0.15, 0.2) is 0 Å². The Kier molecular flexibility index (Phi) is 10.5. The molecule has 2 aromatic rings. The first-order valence-electron chi connectivity index (χ1n) is 12.4. The Morgan fingerprint density at radius 2 is 1.57 bits per heavy atom. The number of phenolic OH excluding ortho intramolecular Hbond substituents is 1. The molecule has 3 amide bonds. The molecule has 9 nitrogen and oxygen atoms in total. The van der Waals surface area contributed by atoms with Crippen LogP contribution in [0.5, 0.6) is 5.75 Å². The number of carbonyl (C=O) groups is 3. The van der Waals surface area contributed by atoms with Gasteiger partial charge in [-0.2, -0.15) is 0 Å². The molecule has 2 rings (SSSR count). The first-order chi connectivity index (χ1) is 17.3. The minimum absolute atomic E-state index is 0.0680. The highest BCUT2D eigenvalue weighted by atomic mass is 16.6. The summed E-state index contributed by atoms with van der Waals surface area (Å²) >= 11 is 0. The second kappa shape index (κ2) is 13.1. The van der Waals surface area contributed by atoms with Gasteiger partial charge in [0.05, 0.1) is 6.61 Å². The molecule has 0 spiro atoms. The van der Waals surface area contributed by atoms with Gasteiger partial charge >= 0.3 is 6.09 Å². The molecule has 0 fully saturated rings. The fourth-order valence-corrected chi connectivity index (χ4v) is 3.78. The average Bonchev–Trinajstić information content (AvgIpc) is 2.78. The standard InChI is InChI=1S/C28H39N3O6/c1-18(2)29-25(34)24(21-11-7-19(3)8-12-21)31(15-16-32)26(35)23(30-27(36)37-28(4,5)6)17-20-9-13-22(33)14-10-20/h7-14,18,23-24,32-33H,15-17H2,1-6H3,(H,29,34)(H,30,36). The van der Waals surface area contributed by atoms with Crippen LogP contribution in [0.1, 0.15) is 57.4 Å². The van der Waals surface area contributed by atoms with Crippen molar-refractivity contribution in [2.75, 3.05) is 13.2 Å². The third kappa shape index (κ3) is 9.42. The molecule has 2 aromatic carbocycles. The molecule has 0 heterocycles. The highest BCUT2D eigenvalue weighted by Gasteiger charge is 2.36. The van der Waals surface area contributed by atoms with E-state index in [1.807, 2.05) is 32.9 Å². The maximum absolute atomic E-state index is 14.0. The third-order valence-corrected chi connectivity index (χ3v) is 5.37. The molecule has 202 valence electrons. The number of amides is 3. The SMILES string of the molecule is Cc1ccc(C(C(=O)NC(C)C)N(CCO)C(=O)C(Cc2ccc(O)cc2)NC(=O)OC(C)(C)C)cc1. The molecule has 37 heavy (non-hydrogen) atoms. The molecule has 2 unspecified atom stereocenters. The summed E-state index contributed by atoms with van der Waals surface area (Å²) in [5, 5.41) is 25.0. The monoisotopic (exact) mass is 513 g/mol. The van der Waals surface area contributed by atoms with Crippen molar-refractivity contribution >= 4 is 17.9 Å². The molecular formula is C28H39N3O6. The second-order valence-electron chi connectivity index (χ2n) is 10.3. The number of rotatable bonds is 10. The molecule has 0 radical (unpaired) electrons. The van der Waals surface area contributed by atoms with Crippen molar-refractivity contribution < 1.29 is 29.3 Å². The molecule has 0 aliphatic carbocycles. The van der Waals surface area contributed by atoms with Crippen LogP contribution in [0.4, 0.5) is 4.79 Å². The molecule has 0 aliphatic rings. The Hall–Kier alpha value is -3.59. The quantitative estimate of drug-likeness (QED) is 0.386. The van der Waals surface area contributed by atoms with E-state index in [1.165, 1.54) is 17.0 Å². The zero-order valence-electron chi connectivity index (χ0n) is 22.4. The van der Waals surface area contributed by atoms with Crippen LogP contribution in [0.25, 0.3) is 0 Å². The number of hydrogen-bond acceptors (Lipinski definition) is 6. The van der Waals surface area contributed by atoms with E-state index >= 15 is 0 Å². The zero-order chi connectivity index (χ0) is 27.8. The van der Waals surface area contributed by atoms with Gasteiger partial charge in [0.1, 0.15) is 23.4 Å². The molecule has 4 N–H and O–H groups in total. The van der Waals surface area contributed by atoms with E-state index in [4.69, 9.17) is 4.74 Å². The summed E-state index contributed by atoms with van der Waals surface area (Å²) in [4.78, 5) is 41.3. The second-order valence-corrected chi connectivity index (χ2v) is 10.3. The molecule has 0 saturated heterocycles. The number of hydrogen-bond donors (Lipinski definition) is 4. The molecule has 0 saturated carbocycles. The van der Waals surface area contributed by atoms with Crippen molar-refractivity contribution in [1.82, 2.24) is 15.5 Å². The Balaban J connectivity index is 2.50. The van der Waals surface area contributed by atoms with Gasteiger partial charge in [-0.25, -0.2) is 4.79 Å². The molecular weight excluding hydrogens is 474 g/mol. The molecule has 0 bridgehead atoms. The van der Waals surface area contributed by atoms with Crippen LogP contribution in [0.2, 0.25) is 0 Å². The maximum atomic E-state index is 14.0. The van der Waals surface area contributed by atoms with Crippen LogP contribution in [-0.2, 0) is 20.7 Å². The molecule has 9 heteroatoms. The Morgan fingerprint density at radius 3 is 2.08 bits per heavy atom. The lowest BCUT2D eigenvalue weighted by atomic mass is 9.99. The lowest BCUT2D eigenvalue weighted by Crippen LogP contribution is -2.54. The van der Waals surface area contributed by atoms with Crippen LogP contribution in [0, 0.1) is 6.92 Å². The van der Waals surface area contributed by atoms with Crippen molar-refractivity contribution in [2.45, 2.75) is 71.7 Å². The van der Waals surface area contributed by atoms with Crippen LogP contribution in [0.15, 0.2) is 48.5 Å². The van der Waals surface area contributed by atoms with Gasteiger partial charge in [-0.05, 0) is 64.8 Å². The predicted molar refractivity (Wildman–Crippen MR) is 141 cm³/mol. The van der Waals surface area contributed by atoms with Gasteiger partial charge in [-0.1, -0.05) is 42.0 Å². The Labute approximate surface area is 218 Å². The zero-order valence-corrected chi connectivity index (χ0v) is 22.4. The van der Waals surface area contributed by atoms with Crippen LogP contribution in [-0.4, -0.2) is 63.9 Å². The number of aliphatic hydroxyl groups is 1. The maximum Gasteiger partial charge on any atom is 0.408 e. The lowest BCUT2D eigenvalue weighted by molar-refractivity contribution is -0.143. The van der Waals surface area contributed by atoms with Crippen LogP contribution >= 0.6 is 0 Å². The number of aryl methyl sites for hydroxylation is 1. The Morgan fingerprint density at radius 1 is 0.973 bits per heavy atom. The molecule has 0 aliphatic heterocycles. The van der Waals surface area contributed by atoms with Crippen LogP contribution in [0.3, 0.4) is 0 Å². The normalized spacial score (nSPS) is 13.0. The van der Waals surface area contributed by atoms with Gasteiger partial charge in [0.25, 0.3) is 0 Å². The van der Waals surface area contributed by atoms with E-state index in [0.29, 0.717) is 11.1 Å². The number of phenols is 1. The summed E-state index contributed by atoms with van der Waals surface area (Å²) in [6, 6.07) is 11.2. The van der Waals surface area contributed by atoms with Crippen molar-refractivity contribution in [3.63, 3.8) is 0 Å². The number of alkyl carbamates (subject to hydrolysis) is 1. The van der Waals surface area contributed by atoms with Gasteiger partial charge in [-0.3, -0.25) is 9.59 Å². The van der Waals surface area contributed by atoms with Gasteiger partial charge < -0.3 is 30.5 Å². The number of nitrogens with zero attached hydrogens (tertiary/aromatic N) is 1. The van der Waals surface area contributed by atoms with Crippen LogP contribution < -0.4 is 10.6 Å². The van der Waals surface area contributed by atoms with Crippen molar-refractivity contribution in [3.05, 3.63) is 65.2 Å². The van der Waals surface area contributed by atoms with E-state index < -0.39 is 35.6 Å². The van der Waals surface area contributed by atoms with Crippen molar-refractivity contribution in [3.8, 4) is 5.75 Å². The van der Waals surface area contributed by atoms with Gasteiger partial charge in [0.2, 0.25) is 11.8 Å². The predicted octanol–water partition coefficient (Wildman–Crippen LogP) is 3.22. The highest BCUT2D eigenvalue weighted by molar-refractivity contribution is 5.92.